The zero-order valence-corrected chi connectivity index (χ0v) is 12.1. The first-order valence-electron chi connectivity index (χ1n) is 7.01. The Morgan fingerprint density at radius 2 is 2.35 bits per heavy atom. The fraction of sp³-hybridized carbons (Fsp3) is 0.250. The van der Waals surface area contributed by atoms with Gasteiger partial charge in [-0.25, -0.2) is 14.3 Å². The second kappa shape index (κ2) is 5.93. The largest absolute Gasteiger partial charge is 0.487 e. The minimum Gasteiger partial charge on any atom is -0.487 e. The number of hydrogen-bond acceptors (Lipinski definition) is 5. The van der Waals surface area contributed by atoms with Crippen molar-refractivity contribution in [3.8, 4) is 11.8 Å². The van der Waals surface area contributed by atoms with Crippen LogP contribution in [0, 0.1) is 17.2 Å². The van der Waals surface area contributed by atoms with Crippen LogP contribution in [-0.4, -0.2) is 27.0 Å². The molecule has 0 bridgehead atoms. The van der Waals surface area contributed by atoms with Gasteiger partial charge in [0.1, 0.15) is 25.0 Å². The van der Waals surface area contributed by atoms with Crippen molar-refractivity contribution in [2.45, 2.75) is 19.4 Å². The van der Waals surface area contributed by atoms with Gasteiger partial charge in [0, 0.05) is 12.1 Å². The number of hydrogen-bond donors (Lipinski definition) is 1. The molecule has 1 unspecified atom stereocenters. The number of aromatic nitrogens is 2. The summed E-state index contributed by atoms with van der Waals surface area (Å²) in [5.74, 6) is 0.426. The lowest BCUT2D eigenvalue weighted by atomic mass is 10.0. The number of ether oxygens (including phenoxy) is 1. The highest BCUT2D eigenvalue weighted by atomic mass is 16.5. The van der Waals surface area contributed by atoms with E-state index in [0.717, 1.165) is 22.0 Å². The highest BCUT2D eigenvalue weighted by molar-refractivity contribution is 5.67. The number of nitrogens with zero attached hydrogens (tertiary/aromatic N) is 3. The topological polar surface area (TPSA) is 105 Å². The maximum Gasteiger partial charge on any atom is 0.416 e. The van der Waals surface area contributed by atoms with E-state index in [1.54, 1.807) is 6.07 Å². The Morgan fingerprint density at radius 3 is 3.00 bits per heavy atom. The third-order valence-corrected chi connectivity index (χ3v) is 3.82. The molecule has 0 saturated carbocycles. The molecule has 1 aliphatic rings. The first kappa shape index (κ1) is 14.8. The van der Waals surface area contributed by atoms with Gasteiger partial charge in [0.05, 0.1) is 17.3 Å². The molecular weight excluding hydrogens is 298 g/mol. The Kier molecular flexibility index (Phi) is 3.81. The molecule has 2 aromatic rings. The van der Waals surface area contributed by atoms with Crippen LogP contribution in [0.5, 0.6) is 5.75 Å². The van der Waals surface area contributed by atoms with E-state index >= 15 is 0 Å². The van der Waals surface area contributed by atoms with Gasteiger partial charge in [0.2, 0.25) is 0 Å². The third-order valence-electron chi connectivity index (χ3n) is 3.82. The Labute approximate surface area is 131 Å². The molecule has 23 heavy (non-hydrogen) atoms. The van der Waals surface area contributed by atoms with Crippen molar-refractivity contribution in [1.29, 1.82) is 5.26 Å². The van der Waals surface area contributed by atoms with Gasteiger partial charge in [-0.2, -0.15) is 5.26 Å². The summed E-state index contributed by atoms with van der Waals surface area (Å²) in [5, 5.41) is 18.1. The van der Waals surface area contributed by atoms with Crippen molar-refractivity contribution in [2.75, 3.05) is 0 Å². The van der Waals surface area contributed by atoms with Crippen molar-refractivity contribution in [1.82, 2.24) is 9.55 Å². The van der Waals surface area contributed by atoms with Crippen molar-refractivity contribution < 1.29 is 19.4 Å². The van der Waals surface area contributed by atoms with E-state index in [2.05, 4.69) is 11.1 Å². The minimum atomic E-state index is -1.12. The zero-order chi connectivity index (χ0) is 16.4. The van der Waals surface area contributed by atoms with E-state index in [1.165, 1.54) is 12.5 Å². The molecule has 1 atom stereocenters. The molecule has 116 valence electrons. The second-order valence-corrected chi connectivity index (χ2v) is 5.37. The van der Waals surface area contributed by atoms with E-state index in [4.69, 9.17) is 9.84 Å². The molecule has 0 radical (unpaired) electrons. The van der Waals surface area contributed by atoms with Crippen molar-refractivity contribution in [3.63, 3.8) is 0 Å². The van der Waals surface area contributed by atoms with Crippen LogP contribution in [0.1, 0.15) is 22.4 Å². The van der Waals surface area contributed by atoms with Gasteiger partial charge in [-0.15, -0.1) is 0 Å². The van der Waals surface area contributed by atoms with E-state index in [0.29, 0.717) is 29.8 Å². The number of carbonyl (C=O) groups is 2. The normalized spacial score (nSPS) is 15.7. The number of imidazole rings is 1. The maximum atomic E-state index is 11.0. The van der Waals surface area contributed by atoms with E-state index < -0.39 is 6.09 Å². The number of benzene rings is 1. The maximum absolute atomic E-state index is 11.0. The van der Waals surface area contributed by atoms with Crippen LogP contribution in [0.4, 0.5) is 4.79 Å². The molecule has 1 heterocycles. The minimum absolute atomic E-state index is 0.0846. The van der Waals surface area contributed by atoms with Crippen LogP contribution in [0.15, 0.2) is 24.7 Å². The lowest BCUT2D eigenvalue weighted by Gasteiger charge is -2.08. The summed E-state index contributed by atoms with van der Waals surface area (Å²) in [6, 6.07) is 5.60. The highest BCUT2D eigenvalue weighted by Crippen LogP contribution is 2.32. The Balaban J connectivity index is 1.77. The predicted octanol–water partition coefficient (Wildman–Crippen LogP) is 1.77. The molecule has 1 aliphatic carbocycles. The molecule has 0 aliphatic heterocycles. The van der Waals surface area contributed by atoms with Crippen LogP contribution in [0.3, 0.4) is 0 Å². The standard InChI is InChI=1S/C16H13N3O4/c17-5-12-4-14(3-11-1-10(7-20)2-15(11)12)23-8-13-6-19(9-18-13)16(21)22/h3-4,6-7,9-10H,1-2,8H2,(H,21,22). The first-order chi connectivity index (χ1) is 11.1. The SMILES string of the molecule is N#Cc1cc(OCc2cn(C(=O)O)cn2)cc2c1CC(C=O)C2. The van der Waals surface area contributed by atoms with Crippen LogP contribution < -0.4 is 4.74 Å². The molecule has 3 rings (SSSR count). The third kappa shape index (κ3) is 2.92. The van der Waals surface area contributed by atoms with Gasteiger partial charge >= 0.3 is 6.09 Å². The molecule has 0 amide bonds. The lowest BCUT2D eigenvalue weighted by molar-refractivity contribution is -0.110. The summed E-state index contributed by atoms with van der Waals surface area (Å²) >= 11 is 0. The van der Waals surface area contributed by atoms with E-state index in [1.807, 2.05) is 6.07 Å². The van der Waals surface area contributed by atoms with Gasteiger partial charge in [0.25, 0.3) is 0 Å². The fourth-order valence-corrected chi connectivity index (χ4v) is 2.72. The Hall–Kier alpha value is -3.14. The quantitative estimate of drug-likeness (QED) is 0.863. The molecule has 0 spiro atoms. The summed E-state index contributed by atoms with van der Waals surface area (Å²) in [5.41, 5.74) is 2.84. The van der Waals surface area contributed by atoms with Gasteiger partial charge in [-0.1, -0.05) is 0 Å². The summed E-state index contributed by atoms with van der Waals surface area (Å²) in [4.78, 5) is 25.7. The summed E-state index contributed by atoms with van der Waals surface area (Å²) in [6.07, 6.45) is 3.56. The lowest BCUT2D eigenvalue weighted by Crippen LogP contribution is -2.04. The molecule has 1 aromatic heterocycles. The van der Waals surface area contributed by atoms with Crippen molar-refractivity contribution >= 4 is 12.4 Å². The van der Waals surface area contributed by atoms with Gasteiger partial charge < -0.3 is 14.6 Å². The average Bonchev–Trinajstić information content (AvgIpc) is 3.18. The molecule has 1 aromatic carbocycles. The number of carbonyl (C=O) groups excluding carboxylic acids is 1. The van der Waals surface area contributed by atoms with E-state index in [-0.39, 0.29) is 12.5 Å². The zero-order valence-electron chi connectivity index (χ0n) is 12.1. The number of fused-ring (bicyclic) bond motifs is 1. The summed E-state index contributed by atoms with van der Waals surface area (Å²) in [7, 11) is 0. The molecule has 1 N–H and O–H groups in total. The summed E-state index contributed by atoms with van der Waals surface area (Å²) in [6.45, 7) is 0.0983. The Morgan fingerprint density at radius 1 is 1.52 bits per heavy atom. The van der Waals surface area contributed by atoms with Gasteiger partial charge in [-0.05, 0) is 36.1 Å². The highest BCUT2D eigenvalue weighted by Gasteiger charge is 2.24. The monoisotopic (exact) mass is 311 g/mol. The average molecular weight is 311 g/mol. The van der Waals surface area contributed by atoms with Gasteiger partial charge in [0.15, 0.2) is 0 Å². The molecule has 0 saturated heterocycles. The number of carboxylic acid groups (broad SMARTS) is 1. The number of aldehydes is 1. The van der Waals surface area contributed by atoms with Crippen LogP contribution >= 0.6 is 0 Å². The fourth-order valence-electron chi connectivity index (χ4n) is 2.72. The second-order valence-electron chi connectivity index (χ2n) is 5.37. The van der Waals surface area contributed by atoms with Crippen LogP contribution in [-0.2, 0) is 24.2 Å². The number of nitriles is 1. The van der Waals surface area contributed by atoms with Crippen molar-refractivity contribution in [3.05, 3.63) is 47.0 Å². The number of rotatable bonds is 4. The molecule has 0 fully saturated rings. The van der Waals surface area contributed by atoms with Crippen LogP contribution in [0.25, 0.3) is 0 Å². The van der Waals surface area contributed by atoms with E-state index in [9.17, 15) is 14.9 Å². The van der Waals surface area contributed by atoms with Crippen molar-refractivity contribution in [2.24, 2.45) is 5.92 Å². The van der Waals surface area contributed by atoms with Gasteiger partial charge in [-0.3, -0.25) is 0 Å². The molecular formula is C16H13N3O4. The smallest absolute Gasteiger partial charge is 0.416 e. The molecule has 7 heteroatoms. The Bertz CT molecular complexity index is 819. The van der Waals surface area contributed by atoms with Crippen LogP contribution in [0.2, 0.25) is 0 Å². The first-order valence-corrected chi connectivity index (χ1v) is 7.01. The molecule has 7 nitrogen and oxygen atoms in total. The predicted molar refractivity (Wildman–Crippen MR) is 78.1 cm³/mol. The summed E-state index contributed by atoms with van der Waals surface area (Å²) < 4.78 is 6.55.